The number of carbonyl (C=O) groups excluding carboxylic acids is 1. The van der Waals surface area contributed by atoms with Crippen LogP contribution in [0.5, 0.6) is 0 Å². The van der Waals surface area contributed by atoms with Crippen LogP contribution in [0.15, 0.2) is 24.3 Å². The molecule has 0 aliphatic rings. The summed E-state index contributed by atoms with van der Waals surface area (Å²) in [4.78, 5) is 11.7. The molecule has 1 aromatic carbocycles. The average molecular weight is 330 g/mol. The van der Waals surface area contributed by atoms with Crippen molar-refractivity contribution in [2.45, 2.75) is 32.7 Å². The summed E-state index contributed by atoms with van der Waals surface area (Å²) in [7, 11) is -3.23. The van der Waals surface area contributed by atoms with Gasteiger partial charge in [-0.05, 0) is 38.0 Å². The number of sulfonamides is 1. The maximum atomic E-state index is 12.8. The minimum atomic E-state index is -3.23. The summed E-state index contributed by atoms with van der Waals surface area (Å²) in [5.74, 6) is -0.499. The maximum absolute atomic E-state index is 12.8. The van der Waals surface area contributed by atoms with E-state index in [4.69, 9.17) is 0 Å². The molecule has 0 aliphatic carbocycles. The molecule has 124 valence electrons. The van der Waals surface area contributed by atoms with Crippen LogP contribution in [-0.2, 0) is 21.2 Å². The van der Waals surface area contributed by atoms with Crippen LogP contribution in [0.25, 0.3) is 0 Å². The van der Waals surface area contributed by atoms with E-state index in [0.717, 1.165) is 5.56 Å². The Kier molecular flexibility index (Phi) is 6.96. The van der Waals surface area contributed by atoms with Crippen LogP contribution in [0.3, 0.4) is 0 Å². The average Bonchev–Trinajstić information content (AvgIpc) is 2.39. The summed E-state index contributed by atoms with van der Waals surface area (Å²) in [5, 5.41) is 2.74. The van der Waals surface area contributed by atoms with Crippen LogP contribution in [0, 0.1) is 5.82 Å². The van der Waals surface area contributed by atoms with Gasteiger partial charge < -0.3 is 5.32 Å². The molecule has 0 atom stereocenters. The van der Waals surface area contributed by atoms with Gasteiger partial charge in [-0.3, -0.25) is 4.79 Å². The van der Waals surface area contributed by atoms with Crippen molar-refractivity contribution in [3.05, 3.63) is 35.6 Å². The lowest BCUT2D eigenvalue weighted by molar-refractivity contribution is -0.120. The molecular formula is C15H23FN2O3S. The number of hydrogen-bond acceptors (Lipinski definition) is 3. The number of benzene rings is 1. The number of nitrogens with zero attached hydrogens (tertiary/aromatic N) is 1. The topological polar surface area (TPSA) is 66.5 Å². The number of hydrogen-bond donors (Lipinski definition) is 1. The van der Waals surface area contributed by atoms with E-state index in [0.29, 0.717) is 19.5 Å². The lowest BCUT2D eigenvalue weighted by Crippen LogP contribution is -2.38. The minimum Gasteiger partial charge on any atom is -0.356 e. The predicted octanol–water partition coefficient (Wildman–Crippen LogP) is 1.54. The Labute approximate surface area is 131 Å². The molecule has 5 nitrogen and oxygen atoms in total. The Bertz CT molecular complexity index is 585. The highest BCUT2D eigenvalue weighted by Gasteiger charge is 2.19. The fraction of sp³-hybridized carbons (Fsp3) is 0.533. The molecule has 0 aromatic heterocycles. The van der Waals surface area contributed by atoms with Crippen molar-refractivity contribution in [3.63, 3.8) is 0 Å². The molecule has 0 unspecified atom stereocenters. The Morgan fingerprint density at radius 3 is 2.36 bits per heavy atom. The SMILES string of the molecule is CC(C)N(CCCNC(=O)Cc1ccc(F)cc1)S(C)(=O)=O. The van der Waals surface area contributed by atoms with Crippen molar-refractivity contribution >= 4 is 15.9 Å². The standard InChI is InChI=1S/C15H23FN2O3S/c1-12(2)18(22(3,20)21)10-4-9-17-15(19)11-13-5-7-14(16)8-6-13/h5-8,12H,4,9-11H2,1-3H3,(H,17,19). The Balaban J connectivity index is 2.34. The van der Waals surface area contributed by atoms with Gasteiger partial charge in [-0.1, -0.05) is 12.1 Å². The second kappa shape index (κ2) is 8.24. The van der Waals surface area contributed by atoms with Crippen molar-refractivity contribution in [1.29, 1.82) is 0 Å². The van der Waals surface area contributed by atoms with Crippen molar-refractivity contribution in [3.8, 4) is 0 Å². The predicted molar refractivity (Wildman–Crippen MR) is 84.4 cm³/mol. The number of halogens is 1. The summed E-state index contributed by atoms with van der Waals surface area (Å²) >= 11 is 0. The number of nitrogens with one attached hydrogen (secondary N) is 1. The highest BCUT2D eigenvalue weighted by Crippen LogP contribution is 2.06. The van der Waals surface area contributed by atoms with Crippen LogP contribution in [0.1, 0.15) is 25.8 Å². The first-order valence-electron chi connectivity index (χ1n) is 7.18. The minimum absolute atomic E-state index is 0.107. The smallest absolute Gasteiger partial charge is 0.224 e. The normalized spacial score (nSPS) is 11.9. The van der Waals surface area contributed by atoms with Crippen molar-refractivity contribution in [1.82, 2.24) is 9.62 Å². The van der Waals surface area contributed by atoms with E-state index in [-0.39, 0.29) is 24.2 Å². The monoisotopic (exact) mass is 330 g/mol. The van der Waals surface area contributed by atoms with Gasteiger partial charge in [0.15, 0.2) is 0 Å². The van der Waals surface area contributed by atoms with Gasteiger partial charge in [0.05, 0.1) is 12.7 Å². The summed E-state index contributed by atoms with van der Waals surface area (Å²) in [5.41, 5.74) is 0.735. The molecule has 1 N–H and O–H groups in total. The maximum Gasteiger partial charge on any atom is 0.224 e. The van der Waals surface area contributed by atoms with Crippen LogP contribution >= 0.6 is 0 Å². The Morgan fingerprint density at radius 1 is 1.27 bits per heavy atom. The second-order valence-corrected chi connectivity index (χ2v) is 7.41. The first kappa shape index (κ1) is 18.6. The second-order valence-electron chi connectivity index (χ2n) is 5.47. The molecule has 0 heterocycles. The van der Waals surface area contributed by atoms with E-state index in [1.165, 1.54) is 22.7 Å². The van der Waals surface area contributed by atoms with Gasteiger partial charge in [0.1, 0.15) is 5.82 Å². The highest BCUT2D eigenvalue weighted by molar-refractivity contribution is 7.88. The summed E-state index contributed by atoms with van der Waals surface area (Å²) in [6, 6.07) is 5.66. The van der Waals surface area contributed by atoms with Gasteiger partial charge in [0.2, 0.25) is 15.9 Å². The molecule has 0 saturated carbocycles. The van der Waals surface area contributed by atoms with E-state index in [2.05, 4.69) is 5.32 Å². The van der Waals surface area contributed by atoms with Crippen LogP contribution in [-0.4, -0.2) is 44.0 Å². The first-order chi connectivity index (χ1) is 10.2. The molecular weight excluding hydrogens is 307 g/mol. The largest absolute Gasteiger partial charge is 0.356 e. The third-order valence-corrected chi connectivity index (χ3v) is 4.61. The third-order valence-electron chi connectivity index (χ3n) is 3.16. The third kappa shape index (κ3) is 6.53. The molecule has 0 radical (unpaired) electrons. The van der Waals surface area contributed by atoms with Gasteiger partial charge in [-0.2, -0.15) is 4.31 Å². The lowest BCUT2D eigenvalue weighted by Gasteiger charge is -2.23. The Hall–Kier alpha value is -1.47. The molecule has 22 heavy (non-hydrogen) atoms. The molecule has 0 saturated heterocycles. The van der Waals surface area contributed by atoms with Crippen LogP contribution in [0.4, 0.5) is 4.39 Å². The van der Waals surface area contributed by atoms with E-state index >= 15 is 0 Å². The van der Waals surface area contributed by atoms with Gasteiger partial charge in [0.25, 0.3) is 0 Å². The van der Waals surface area contributed by atoms with E-state index in [1.807, 2.05) is 13.8 Å². The quantitative estimate of drug-likeness (QED) is 0.735. The fourth-order valence-electron chi connectivity index (χ4n) is 2.12. The van der Waals surface area contributed by atoms with E-state index in [1.54, 1.807) is 12.1 Å². The number of amides is 1. The van der Waals surface area contributed by atoms with Crippen molar-refractivity contribution in [2.75, 3.05) is 19.3 Å². The van der Waals surface area contributed by atoms with Crippen LogP contribution < -0.4 is 5.32 Å². The fourth-order valence-corrected chi connectivity index (χ4v) is 3.35. The molecule has 1 amide bonds. The zero-order valence-corrected chi connectivity index (χ0v) is 14.0. The Morgan fingerprint density at radius 2 is 1.86 bits per heavy atom. The molecule has 7 heteroatoms. The highest BCUT2D eigenvalue weighted by atomic mass is 32.2. The number of carbonyl (C=O) groups is 1. The summed E-state index contributed by atoms with van der Waals surface area (Å²) < 4.78 is 37.3. The molecule has 0 aliphatic heterocycles. The molecule has 1 rings (SSSR count). The van der Waals surface area contributed by atoms with Gasteiger partial charge >= 0.3 is 0 Å². The van der Waals surface area contributed by atoms with Gasteiger partial charge in [-0.15, -0.1) is 0 Å². The zero-order valence-electron chi connectivity index (χ0n) is 13.2. The summed E-state index contributed by atoms with van der Waals surface area (Å²) in [6.45, 7) is 4.40. The zero-order chi connectivity index (χ0) is 16.8. The van der Waals surface area contributed by atoms with E-state index in [9.17, 15) is 17.6 Å². The molecule has 0 fully saturated rings. The molecule has 0 bridgehead atoms. The first-order valence-corrected chi connectivity index (χ1v) is 9.03. The van der Waals surface area contributed by atoms with Crippen molar-refractivity contribution < 1.29 is 17.6 Å². The summed E-state index contributed by atoms with van der Waals surface area (Å²) in [6.07, 6.45) is 1.90. The lowest BCUT2D eigenvalue weighted by atomic mass is 10.1. The van der Waals surface area contributed by atoms with Gasteiger partial charge in [-0.25, -0.2) is 12.8 Å². The van der Waals surface area contributed by atoms with Crippen molar-refractivity contribution in [2.24, 2.45) is 0 Å². The van der Waals surface area contributed by atoms with Crippen LogP contribution in [0.2, 0.25) is 0 Å². The van der Waals surface area contributed by atoms with E-state index < -0.39 is 10.0 Å². The number of rotatable bonds is 8. The molecule has 0 spiro atoms. The van der Waals surface area contributed by atoms with Gasteiger partial charge in [0, 0.05) is 19.1 Å². The molecule has 1 aromatic rings.